The fourth-order valence-corrected chi connectivity index (χ4v) is 3.00. The van der Waals surface area contributed by atoms with Crippen LogP contribution in [0, 0.1) is 12.7 Å². The summed E-state index contributed by atoms with van der Waals surface area (Å²) in [5, 5.41) is 0.763. The van der Waals surface area contributed by atoms with Crippen molar-refractivity contribution in [2.24, 2.45) is 0 Å². The van der Waals surface area contributed by atoms with E-state index in [1.54, 1.807) is 23.1 Å². The van der Waals surface area contributed by atoms with Crippen molar-refractivity contribution in [3.63, 3.8) is 0 Å². The summed E-state index contributed by atoms with van der Waals surface area (Å²) in [7, 11) is 0. The Morgan fingerprint density at radius 3 is 2.55 bits per heavy atom. The normalized spacial score (nSPS) is 10.6. The summed E-state index contributed by atoms with van der Waals surface area (Å²) in [6, 6.07) is 6.48. The molecule has 106 valence electrons. The zero-order valence-corrected chi connectivity index (χ0v) is 12.6. The summed E-state index contributed by atoms with van der Waals surface area (Å²) < 4.78 is 13.9. The Balaban J connectivity index is 2.51. The molecular weight excluding hydrogens is 275 g/mol. The maximum absolute atomic E-state index is 13.9. The highest BCUT2D eigenvalue weighted by atomic mass is 32.1. The molecule has 2 rings (SSSR count). The second-order valence-corrected chi connectivity index (χ2v) is 5.57. The van der Waals surface area contributed by atoms with Crippen LogP contribution in [0.4, 0.5) is 4.39 Å². The van der Waals surface area contributed by atoms with Crippen molar-refractivity contribution in [1.82, 2.24) is 9.88 Å². The van der Waals surface area contributed by atoms with Gasteiger partial charge >= 0.3 is 0 Å². The Bertz CT molecular complexity index is 620. The van der Waals surface area contributed by atoms with E-state index in [2.05, 4.69) is 4.98 Å². The average molecular weight is 292 g/mol. The number of nitrogens with zero attached hydrogens (tertiary/aromatic N) is 2. The standard InChI is InChI=1S/C15H17FN2OS/c1-4-18(5-2)15(19)13-14(20-10(3)17-13)11-8-6-7-9-12(11)16/h6-9H,4-5H2,1-3H3. The fourth-order valence-electron chi connectivity index (χ4n) is 2.06. The van der Waals surface area contributed by atoms with E-state index in [1.165, 1.54) is 17.4 Å². The molecule has 1 aromatic heterocycles. The summed E-state index contributed by atoms with van der Waals surface area (Å²) in [6.45, 7) is 6.89. The molecule has 3 nitrogen and oxygen atoms in total. The van der Waals surface area contributed by atoms with Crippen LogP contribution >= 0.6 is 11.3 Å². The van der Waals surface area contributed by atoms with Crippen molar-refractivity contribution >= 4 is 17.2 Å². The van der Waals surface area contributed by atoms with Crippen LogP contribution in [0.2, 0.25) is 0 Å². The second-order valence-electron chi connectivity index (χ2n) is 4.37. The van der Waals surface area contributed by atoms with E-state index in [1.807, 2.05) is 20.8 Å². The molecule has 0 radical (unpaired) electrons. The predicted molar refractivity (Wildman–Crippen MR) is 79.5 cm³/mol. The van der Waals surface area contributed by atoms with Gasteiger partial charge in [0.25, 0.3) is 5.91 Å². The molecule has 1 amide bonds. The topological polar surface area (TPSA) is 33.2 Å². The molecule has 1 aromatic carbocycles. The molecule has 0 saturated carbocycles. The molecule has 0 fully saturated rings. The van der Waals surface area contributed by atoms with Crippen LogP contribution in [0.5, 0.6) is 0 Å². The summed E-state index contributed by atoms with van der Waals surface area (Å²) in [6.07, 6.45) is 0. The van der Waals surface area contributed by atoms with Crippen molar-refractivity contribution < 1.29 is 9.18 Å². The van der Waals surface area contributed by atoms with Crippen LogP contribution in [0.15, 0.2) is 24.3 Å². The van der Waals surface area contributed by atoms with Gasteiger partial charge in [0.1, 0.15) is 11.5 Å². The Labute approximate surface area is 122 Å². The highest BCUT2D eigenvalue weighted by Gasteiger charge is 2.23. The van der Waals surface area contributed by atoms with Gasteiger partial charge in [-0.2, -0.15) is 0 Å². The Morgan fingerprint density at radius 2 is 1.95 bits per heavy atom. The summed E-state index contributed by atoms with van der Waals surface area (Å²) in [5.41, 5.74) is 0.787. The molecule has 0 spiro atoms. The van der Waals surface area contributed by atoms with Gasteiger partial charge in [-0.25, -0.2) is 9.37 Å². The first-order valence-electron chi connectivity index (χ1n) is 6.60. The lowest BCUT2D eigenvalue weighted by molar-refractivity contribution is 0.0768. The van der Waals surface area contributed by atoms with E-state index < -0.39 is 0 Å². The number of benzene rings is 1. The number of carbonyl (C=O) groups excluding carboxylic acids is 1. The second kappa shape index (κ2) is 6.13. The van der Waals surface area contributed by atoms with Gasteiger partial charge in [0.2, 0.25) is 0 Å². The molecule has 0 atom stereocenters. The highest BCUT2D eigenvalue weighted by Crippen LogP contribution is 2.32. The van der Waals surface area contributed by atoms with Gasteiger partial charge in [-0.3, -0.25) is 4.79 Å². The maximum Gasteiger partial charge on any atom is 0.273 e. The van der Waals surface area contributed by atoms with Crippen LogP contribution in [0.25, 0.3) is 10.4 Å². The molecule has 20 heavy (non-hydrogen) atoms. The third-order valence-corrected chi connectivity index (χ3v) is 4.11. The third kappa shape index (κ3) is 2.72. The molecule has 0 unspecified atom stereocenters. The molecule has 5 heteroatoms. The number of hydrogen-bond acceptors (Lipinski definition) is 3. The molecule has 0 bridgehead atoms. The highest BCUT2D eigenvalue weighted by molar-refractivity contribution is 7.15. The van der Waals surface area contributed by atoms with Gasteiger partial charge in [-0.05, 0) is 26.8 Å². The number of rotatable bonds is 4. The molecular formula is C15H17FN2OS. The van der Waals surface area contributed by atoms with Crippen molar-refractivity contribution in [2.75, 3.05) is 13.1 Å². The third-order valence-electron chi connectivity index (χ3n) is 3.11. The minimum absolute atomic E-state index is 0.141. The van der Waals surface area contributed by atoms with Crippen molar-refractivity contribution in [3.05, 3.63) is 40.8 Å². The Hall–Kier alpha value is -1.75. The summed E-state index contributed by atoms with van der Waals surface area (Å²) in [5.74, 6) is -0.470. The zero-order valence-electron chi connectivity index (χ0n) is 11.8. The number of carbonyl (C=O) groups is 1. The smallest absolute Gasteiger partial charge is 0.273 e. The van der Waals surface area contributed by atoms with Crippen LogP contribution in [-0.2, 0) is 0 Å². The Morgan fingerprint density at radius 1 is 1.30 bits per heavy atom. The predicted octanol–water partition coefficient (Wildman–Crippen LogP) is 3.74. The average Bonchev–Trinajstić information content (AvgIpc) is 2.82. The van der Waals surface area contributed by atoms with Gasteiger partial charge in [-0.15, -0.1) is 11.3 Å². The van der Waals surface area contributed by atoms with Gasteiger partial charge in [-0.1, -0.05) is 18.2 Å². The quantitative estimate of drug-likeness (QED) is 0.860. The molecule has 0 aliphatic carbocycles. The van der Waals surface area contributed by atoms with Gasteiger partial charge in [0, 0.05) is 18.7 Å². The van der Waals surface area contributed by atoms with Crippen LogP contribution < -0.4 is 0 Å². The lowest BCUT2D eigenvalue weighted by Crippen LogP contribution is -2.31. The minimum Gasteiger partial charge on any atom is -0.338 e. The fraction of sp³-hybridized carbons (Fsp3) is 0.333. The summed E-state index contributed by atoms with van der Waals surface area (Å²) >= 11 is 1.35. The number of halogens is 1. The minimum atomic E-state index is -0.329. The largest absolute Gasteiger partial charge is 0.338 e. The van der Waals surface area contributed by atoms with E-state index in [0.29, 0.717) is 29.2 Å². The number of thiazole rings is 1. The molecule has 0 aliphatic heterocycles. The first-order chi connectivity index (χ1) is 9.58. The van der Waals surface area contributed by atoms with E-state index >= 15 is 0 Å². The van der Waals surface area contributed by atoms with E-state index in [9.17, 15) is 9.18 Å². The zero-order chi connectivity index (χ0) is 14.7. The first kappa shape index (κ1) is 14.7. The molecule has 0 saturated heterocycles. The van der Waals surface area contributed by atoms with Gasteiger partial charge in [0.15, 0.2) is 0 Å². The lowest BCUT2D eigenvalue weighted by atomic mass is 10.1. The summed E-state index contributed by atoms with van der Waals surface area (Å²) in [4.78, 5) is 19.1. The monoisotopic (exact) mass is 292 g/mol. The number of aromatic nitrogens is 1. The molecule has 0 aliphatic rings. The van der Waals surface area contributed by atoms with Crippen molar-refractivity contribution in [2.45, 2.75) is 20.8 Å². The van der Waals surface area contributed by atoms with Gasteiger partial charge < -0.3 is 4.90 Å². The van der Waals surface area contributed by atoms with E-state index in [4.69, 9.17) is 0 Å². The number of amides is 1. The maximum atomic E-state index is 13.9. The molecule has 2 aromatic rings. The van der Waals surface area contributed by atoms with Crippen LogP contribution in [0.1, 0.15) is 29.3 Å². The number of hydrogen-bond donors (Lipinski definition) is 0. The number of aryl methyl sites for hydroxylation is 1. The van der Waals surface area contributed by atoms with Gasteiger partial charge in [0.05, 0.1) is 9.88 Å². The molecule has 0 N–H and O–H groups in total. The van der Waals surface area contributed by atoms with Crippen molar-refractivity contribution in [3.8, 4) is 10.4 Å². The Kier molecular flexibility index (Phi) is 4.49. The van der Waals surface area contributed by atoms with E-state index in [0.717, 1.165) is 5.01 Å². The van der Waals surface area contributed by atoms with Crippen LogP contribution in [0.3, 0.4) is 0 Å². The van der Waals surface area contributed by atoms with Crippen LogP contribution in [-0.4, -0.2) is 28.9 Å². The SMILES string of the molecule is CCN(CC)C(=O)c1nc(C)sc1-c1ccccc1F. The first-order valence-corrected chi connectivity index (χ1v) is 7.41. The lowest BCUT2D eigenvalue weighted by Gasteiger charge is -2.18. The van der Waals surface area contributed by atoms with E-state index in [-0.39, 0.29) is 11.7 Å². The molecule has 1 heterocycles. The van der Waals surface area contributed by atoms with Crippen molar-refractivity contribution in [1.29, 1.82) is 0 Å².